The molecule has 1 atom stereocenters. The lowest BCUT2D eigenvalue weighted by Gasteiger charge is -2.36. The molecule has 0 saturated carbocycles. The fraction of sp³-hybridized carbons (Fsp3) is 0.462. The van der Waals surface area contributed by atoms with Gasteiger partial charge in [-0.15, -0.1) is 0 Å². The second kappa shape index (κ2) is 8.96. The van der Waals surface area contributed by atoms with E-state index in [0.29, 0.717) is 5.56 Å². The lowest BCUT2D eigenvalue weighted by Crippen LogP contribution is -2.40. The highest BCUT2D eigenvalue weighted by Crippen LogP contribution is 2.35. The van der Waals surface area contributed by atoms with E-state index in [1.807, 2.05) is 25.1 Å². The molecule has 7 nitrogen and oxygen atoms in total. The highest BCUT2D eigenvalue weighted by molar-refractivity contribution is 5.95. The number of likely N-dealkylation sites (tertiary alicyclic amines) is 1. The summed E-state index contributed by atoms with van der Waals surface area (Å²) in [7, 11) is 1.86. The molecule has 33 heavy (non-hydrogen) atoms. The molecule has 7 heteroatoms. The Morgan fingerprint density at radius 2 is 1.85 bits per heavy atom. The first kappa shape index (κ1) is 21.6. The monoisotopic (exact) mass is 444 g/mol. The number of piperidine rings is 1. The molecule has 4 heterocycles. The summed E-state index contributed by atoms with van der Waals surface area (Å²) in [4.78, 5) is 27.9. The van der Waals surface area contributed by atoms with Crippen molar-refractivity contribution in [2.45, 2.75) is 58.5 Å². The summed E-state index contributed by atoms with van der Waals surface area (Å²) in [5.74, 6) is 1.86. The van der Waals surface area contributed by atoms with Crippen LogP contribution in [-0.4, -0.2) is 43.6 Å². The molecule has 0 radical (unpaired) electrons. The van der Waals surface area contributed by atoms with E-state index in [0.717, 1.165) is 74.8 Å². The Labute approximate surface area is 195 Å². The van der Waals surface area contributed by atoms with Crippen LogP contribution in [0.3, 0.4) is 0 Å². The predicted octanol–water partition coefficient (Wildman–Crippen LogP) is 4.15. The maximum atomic E-state index is 13.5. The SMILES string of the molecule is Cc1nn(C)cc1C(=O)N1CCCC[C@H]1c1nc(C)c2c(n1)N(Cc1ccccc1)CCC2. The number of rotatable bonds is 4. The Balaban J connectivity index is 1.49. The van der Waals surface area contributed by atoms with Crippen LogP contribution < -0.4 is 4.90 Å². The summed E-state index contributed by atoms with van der Waals surface area (Å²) in [5.41, 5.74) is 5.01. The van der Waals surface area contributed by atoms with E-state index in [-0.39, 0.29) is 11.9 Å². The Morgan fingerprint density at radius 1 is 1.03 bits per heavy atom. The Kier molecular flexibility index (Phi) is 5.87. The molecule has 5 rings (SSSR count). The average molecular weight is 445 g/mol. The first-order chi connectivity index (χ1) is 16.0. The van der Waals surface area contributed by atoms with E-state index in [4.69, 9.17) is 9.97 Å². The van der Waals surface area contributed by atoms with Gasteiger partial charge in [0.15, 0.2) is 5.82 Å². The number of carbonyl (C=O) groups excluding carboxylic acids is 1. The third kappa shape index (κ3) is 4.24. The van der Waals surface area contributed by atoms with E-state index >= 15 is 0 Å². The van der Waals surface area contributed by atoms with Gasteiger partial charge in [0.1, 0.15) is 5.82 Å². The van der Waals surface area contributed by atoms with Crippen LogP contribution in [0.25, 0.3) is 0 Å². The third-order valence-electron chi connectivity index (χ3n) is 6.89. The molecular formula is C26H32N6O. The van der Waals surface area contributed by atoms with Crippen molar-refractivity contribution in [1.82, 2.24) is 24.6 Å². The predicted molar refractivity (Wildman–Crippen MR) is 128 cm³/mol. The van der Waals surface area contributed by atoms with Gasteiger partial charge >= 0.3 is 0 Å². The van der Waals surface area contributed by atoms with Crippen LogP contribution in [0.4, 0.5) is 5.82 Å². The number of hydrogen-bond acceptors (Lipinski definition) is 5. The van der Waals surface area contributed by atoms with Crippen molar-refractivity contribution in [3.63, 3.8) is 0 Å². The first-order valence-electron chi connectivity index (χ1n) is 12.0. The van der Waals surface area contributed by atoms with Crippen LogP contribution in [0.2, 0.25) is 0 Å². The van der Waals surface area contributed by atoms with E-state index in [9.17, 15) is 4.79 Å². The zero-order chi connectivity index (χ0) is 22.9. The molecule has 1 amide bonds. The normalized spacial score (nSPS) is 18.3. The number of aromatic nitrogens is 4. The van der Waals surface area contributed by atoms with E-state index in [1.54, 1.807) is 4.68 Å². The van der Waals surface area contributed by atoms with Gasteiger partial charge in [0.2, 0.25) is 0 Å². The number of benzene rings is 1. The van der Waals surface area contributed by atoms with Gasteiger partial charge in [-0.2, -0.15) is 5.10 Å². The summed E-state index contributed by atoms with van der Waals surface area (Å²) < 4.78 is 1.71. The van der Waals surface area contributed by atoms with Gasteiger partial charge in [0, 0.05) is 44.1 Å². The Morgan fingerprint density at radius 3 is 2.61 bits per heavy atom. The lowest BCUT2D eigenvalue weighted by molar-refractivity contribution is 0.0598. The van der Waals surface area contributed by atoms with Crippen LogP contribution in [0.5, 0.6) is 0 Å². The van der Waals surface area contributed by atoms with E-state index < -0.39 is 0 Å². The lowest BCUT2D eigenvalue weighted by atomic mass is 9.98. The number of hydrogen-bond donors (Lipinski definition) is 0. The molecule has 172 valence electrons. The number of anilines is 1. The molecule has 3 aromatic rings. The standard InChI is InChI=1S/C26H32N6O/c1-18-21-12-9-14-31(16-20-10-5-4-6-11-20)25(21)28-24(27-18)23-13-7-8-15-32(23)26(33)22-17-30(3)29-19(22)2/h4-6,10-11,17,23H,7-9,12-16H2,1-3H3/t23-/m0/s1. The number of carbonyl (C=O) groups is 1. The minimum atomic E-state index is -0.102. The number of fused-ring (bicyclic) bond motifs is 1. The molecule has 1 aromatic carbocycles. The van der Waals surface area contributed by atoms with Gasteiger partial charge in [0.05, 0.1) is 17.3 Å². The van der Waals surface area contributed by atoms with E-state index in [2.05, 4.69) is 47.3 Å². The van der Waals surface area contributed by atoms with Crippen molar-refractivity contribution in [3.05, 3.63) is 70.4 Å². The number of aryl methyl sites for hydroxylation is 3. The van der Waals surface area contributed by atoms with Crippen molar-refractivity contribution in [2.75, 3.05) is 18.0 Å². The molecule has 0 bridgehead atoms. The molecule has 0 N–H and O–H groups in total. The summed E-state index contributed by atoms with van der Waals surface area (Å²) in [5, 5.41) is 4.38. The van der Waals surface area contributed by atoms with Crippen molar-refractivity contribution in [3.8, 4) is 0 Å². The number of nitrogens with zero attached hydrogens (tertiary/aromatic N) is 6. The minimum Gasteiger partial charge on any atom is -0.352 e. The highest BCUT2D eigenvalue weighted by Gasteiger charge is 2.33. The molecule has 2 aliphatic heterocycles. The van der Waals surface area contributed by atoms with Crippen LogP contribution >= 0.6 is 0 Å². The van der Waals surface area contributed by atoms with Crippen molar-refractivity contribution in [1.29, 1.82) is 0 Å². The van der Waals surface area contributed by atoms with Gasteiger partial charge in [-0.1, -0.05) is 30.3 Å². The minimum absolute atomic E-state index is 0.0328. The second-order valence-electron chi connectivity index (χ2n) is 9.29. The molecule has 2 aliphatic rings. The van der Waals surface area contributed by atoms with E-state index in [1.165, 1.54) is 11.1 Å². The summed E-state index contributed by atoms with van der Waals surface area (Å²) in [6.07, 6.45) is 6.91. The third-order valence-corrected chi connectivity index (χ3v) is 6.89. The van der Waals surface area contributed by atoms with Crippen molar-refractivity contribution in [2.24, 2.45) is 7.05 Å². The second-order valence-corrected chi connectivity index (χ2v) is 9.29. The van der Waals surface area contributed by atoms with Crippen molar-refractivity contribution >= 4 is 11.7 Å². The quantitative estimate of drug-likeness (QED) is 0.605. The van der Waals surface area contributed by atoms with Gasteiger partial charge in [-0.05, 0) is 51.5 Å². The van der Waals surface area contributed by atoms with Crippen LogP contribution in [0.1, 0.15) is 70.4 Å². The number of amides is 1. The molecule has 1 saturated heterocycles. The molecule has 0 spiro atoms. The Bertz CT molecular complexity index is 1160. The molecule has 2 aromatic heterocycles. The first-order valence-corrected chi connectivity index (χ1v) is 12.0. The average Bonchev–Trinajstić information content (AvgIpc) is 3.17. The smallest absolute Gasteiger partial charge is 0.257 e. The fourth-order valence-electron chi connectivity index (χ4n) is 5.22. The topological polar surface area (TPSA) is 67.2 Å². The summed E-state index contributed by atoms with van der Waals surface area (Å²) >= 11 is 0. The van der Waals surface area contributed by atoms with Gasteiger partial charge < -0.3 is 9.80 Å². The van der Waals surface area contributed by atoms with Gasteiger partial charge in [-0.25, -0.2) is 9.97 Å². The summed E-state index contributed by atoms with van der Waals surface area (Å²) in [6.45, 7) is 6.54. The zero-order valence-electron chi connectivity index (χ0n) is 19.8. The van der Waals surface area contributed by atoms with Crippen LogP contribution in [0.15, 0.2) is 36.5 Å². The molecule has 1 fully saturated rings. The maximum absolute atomic E-state index is 13.5. The largest absolute Gasteiger partial charge is 0.352 e. The molecule has 0 unspecified atom stereocenters. The highest BCUT2D eigenvalue weighted by atomic mass is 16.2. The van der Waals surface area contributed by atoms with Crippen LogP contribution in [-0.2, 0) is 20.0 Å². The maximum Gasteiger partial charge on any atom is 0.257 e. The van der Waals surface area contributed by atoms with Gasteiger partial charge in [0.25, 0.3) is 5.91 Å². The van der Waals surface area contributed by atoms with Crippen LogP contribution in [0, 0.1) is 13.8 Å². The zero-order valence-corrected chi connectivity index (χ0v) is 19.8. The fourth-order valence-corrected chi connectivity index (χ4v) is 5.22. The molecular weight excluding hydrogens is 412 g/mol. The molecule has 0 aliphatic carbocycles. The summed E-state index contributed by atoms with van der Waals surface area (Å²) in [6, 6.07) is 10.5. The van der Waals surface area contributed by atoms with Crippen molar-refractivity contribution < 1.29 is 4.79 Å². The Hall–Kier alpha value is -3.22. The van der Waals surface area contributed by atoms with Gasteiger partial charge in [-0.3, -0.25) is 9.48 Å².